The van der Waals surface area contributed by atoms with E-state index in [4.69, 9.17) is 4.42 Å². The van der Waals surface area contributed by atoms with Gasteiger partial charge < -0.3 is 14.2 Å². The van der Waals surface area contributed by atoms with Crippen molar-refractivity contribution in [1.29, 1.82) is 0 Å². The molecule has 0 aliphatic heterocycles. The molecule has 0 saturated carbocycles. The Kier molecular flexibility index (Phi) is 4.90. The molecule has 1 aromatic carbocycles. The van der Waals surface area contributed by atoms with Crippen molar-refractivity contribution in [3.63, 3.8) is 0 Å². The maximum absolute atomic E-state index is 12.5. The molecule has 7 heteroatoms. The van der Waals surface area contributed by atoms with Gasteiger partial charge >= 0.3 is 0 Å². The molecular formula is C15H17N3O4. The summed E-state index contributed by atoms with van der Waals surface area (Å²) in [5, 5.41) is 10.7. The lowest BCUT2D eigenvalue weighted by Crippen LogP contribution is -2.36. The van der Waals surface area contributed by atoms with Crippen LogP contribution in [0.4, 0.5) is 11.4 Å². The molecule has 1 aromatic heterocycles. The van der Waals surface area contributed by atoms with Crippen LogP contribution in [0.5, 0.6) is 0 Å². The number of furan rings is 1. The first-order chi connectivity index (χ1) is 10.5. The predicted octanol–water partition coefficient (Wildman–Crippen LogP) is 2.40. The largest absolute Gasteiger partial charge is 0.459 e. The van der Waals surface area contributed by atoms with Crippen LogP contribution in [-0.4, -0.2) is 42.9 Å². The van der Waals surface area contributed by atoms with Crippen molar-refractivity contribution in [2.24, 2.45) is 0 Å². The second kappa shape index (κ2) is 6.86. The number of non-ortho nitro benzene ring substituents is 1. The first-order valence-electron chi connectivity index (χ1n) is 6.73. The summed E-state index contributed by atoms with van der Waals surface area (Å²) in [5.41, 5.74) is 0.579. The Hall–Kier alpha value is -2.67. The second-order valence-electron chi connectivity index (χ2n) is 5.01. The van der Waals surface area contributed by atoms with E-state index in [1.165, 1.54) is 18.4 Å². The zero-order valence-electron chi connectivity index (χ0n) is 12.4. The van der Waals surface area contributed by atoms with Crippen LogP contribution in [0.1, 0.15) is 10.6 Å². The molecular weight excluding hydrogens is 286 g/mol. The summed E-state index contributed by atoms with van der Waals surface area (Å²) < 4.78 is 5.15. The minimum atomic E-state index is -0.470. The molecule has 2 rings (SSSR count). The standard InChI is InChI=1S/C15H17N3O4/c1-16(2)9-10-17(15(19)14-4-3-11-22-14)12-5-7-13(8-6-12)18(20)21/h3-8,11H,9-10H2,1-2H3. The summed E-state index contributed by atoms with van der Waals surface area (Å²) in [7, 11) is 3.82. The van der Waals surface area contributed by atoms with Crippen molar-refractivity contribution < 1.29 is 14.1 Å². The minimum absolute atomic E-state index is 0.0123. The molecule has 0 aliphatic rings. The van der Waals surface area contributed by atoms with Crippen molar-refractivity contribution in [3.8, 4) is 0 Å². The molecule has 0 radical (unpaired) electrons. The van der Waals surface area contributed by atoms with Gasteiger partial charge in [0.15, 0.2) is 5.76 Å². The van der Waals surface area contributed by atoms with E-state index in [1.807, 2.05) is 19.0 Å². The number of rotatable bonds is 6. The third-order valence-electron chi connectivity index (χ3n) is 3.12. The molecule has 0 unspecified atom stereocenters. The molecule has 116 valence electrons. The van der Waals surface area contributed by atoms with Gasteiger partial charge in [0.1, 0.15) is 0 Å². The van der Waals surface area contributed by atoms with Gasteiger partial charge in [-0.05, 0) is 38.4 Å². The Morgan fingerprint density at radius 1 is 1.18 bits per heavy atom. The number of nitro groups is 1. The number of carbonyl (C=O) groups excluding carboxylic acids is 1. The lowest BCUT2D eigenvalue weighted by atomic mass is 10.2. The highest BCUT2D eigenvalue weighted by molar-refractivity contribution is 6.04. The van der Waals surface area contributed by atoms with E-state index in [1.54, 1.807) is 29.2 Å². The highest BCUT2D eigenvalue weighted by Gasteiger charge is 2.20. The SMILES string of the molecule is CN(C)CCN(C(=O)c1ccco1)c1ccc([N+](=O)[O-])cc1. The van der Waals surface area contributed by atoms with Crippen molar-refractivity contribution in [2.75, 3.05) is 32.1 Å². The summed E-state index contributed by atoms with van der Waals surface area (Å²) in [4.78, 5) is 26.3. The Labute approximate surface area is 127 Å². The predicted molar refractivity (Wildman–Crippen MR) is 82.0 cm³/mol. The van der Waals surface area contributed by atoms with Gasteiger partial charge in [0.2, 0.25) is 0 Å². The lowest BCUT2D eigenvalue weighted by Gasteiger charge is -2.23. The molecule has 0 saturated heterocycles. The lowest BCUT2D eigenvalue weighted by molar-refractivity contribution is -0.384. The molecule has 7 nitrogen and oxygen atoms in total. The third-order valence-corrected chi connectivity index (χ3v) is 3.12. The highest BCUT2D eigenvalue weighted by Crippen LogP contribution is 2.21. The number of benzene rings is 1. The van der Waals surface area contributed by atoms with Gasteiger partial charge in [0, 0.05) is 30.9 Å². The molecule has 0 N–H and O–H groups in total. The Balaban J connectivity index is 2.27. The summed E-state index contributed by atoms with van der Waals surface area (Å²) in [5.74, 6) is -0.0437. The third kappa shape index (κ3) is 3.70. The van der Waals surface area contributed by atoms with E-state index in [0.717, 1.165) is 0 Å². The number of amides is 1. The van der Waals surface area contributed by atoms with Gasteiger partial charge in [-0.25, -0.2) is 0 Å². The van der Waals surface area contributed by atoms with Crippen LogP contribution in [0.15, 0.2) is 47.1 Å². The summed E-state index contributed by atoms with van der Waals surface area (Å²) in [6.07, 6.45) is 1.44. The van der Waals surface area contributed by atoms with Crippen molar-refractivity contribution in [1.82, 2.24) is 4.90 Å². The first-order valence-corrected chi connectivity index (χ1v) is 6.73. The number of carbonyl (C=O) groups is 1. The molecule has 22 heavy (non-hydrogen) atoms. The number of nitro benzene ring substituents is 1. The quantitative estimate of drug-likeness (QED) is 0.604. The number of hydrogen-bond donors (Lipinski definition) is 0. The highest BCUT2D eigenvalue weighted by atomic mass is 16.6. The van der Waals surface area contributed by atoms with Crippen molar-refractivity contribution in [2.45, 2.75) is 0 Å². The van der Waals surface area contributed by atoms with Crippen LogP contribution in [0.3, 0.4) is 0 Å². The second-order valence-corrected chi connectivity index (χ2v) is 5.01. The van der Waals surface area contributed by atoms with Gasteiger partial charge in [0.05, 0.1) is 11.2 Å². The molecule has 2 aromatic rings. The number of likely N-dealkylation sites (N-methyl/N-ethyl adjacent to an activating group) is 1. The van der Waals surface area contributed by atoms with E-state index in [0.29, 0.717) is 18.8 Å². The van der Waals surface area contributed by atoms with Gasteiger partial charge in [-0.1, -0.05) is 0 Å². The monoisotopic (exact) mass is 303 g/mol. The summed E-state index contributed by atoms with van der Waals surface area (Å²) in [6.45, 7) is 1.10. The fourth-order valence-electron chi connectivity index (χ4n) is 1.94. The van der Waals surface area contributed by atoms with Gasteiger partial charge in [-0.15, -0.1) is 0 Å². The van der Waals surface area contributed by atoms with Crippen LogP contribution in [0.2, 0.25) is 0 Å². The van der Waals surface area contributed by atoms with Crippen LogP contribution in [0.25, 0.3) is 0 Å². The summed E-state index contributed by atoms with van der Waals surface area (Å²) in [6, 6.07) is 9.13. The summed E-state index contributed by atoms with van der Waals surface area (Å²) >= 11 is 0. The number of nitrogens with zero attached hydrogens (tertiary/aromatic N) is 3. The average molecular weight is 303 g/mol. The van der Waals surface area contributed by atoms with Crippen molar-refractivity contribution in [3.05, 3.63) is 58.5 Å². The van der Waals surface area contributed by atoms with Crippen LogP contribution in [0, 0.1) is 10.1 Å². The fourth-order valence-corrected chi connectivity index (χ4v) is 1.94. The molecule has 0 atom stereocenters. The molecule has 1 heterocycles. The zero-order chi connectivity index (χ0) is 16.1. The topological polar surface area (TPSA) is 79.8 Å². The van der Waals surface area contributed by atoms with E-state index in [9.17, 15) is 14.9 Å². The maximum atomic E-state index is 12.5. The number of hydrogen-bond acceptors (Lipinski definition) is 5. The molecule has 0 fully saturated rings. The molecule has 1 amide bonds. The minimum Gasteiger partial charge on any atom is -0.459 e. The van der Waals surface area contributed by atoms with E-state index in [-0.39, 0.29) is 17.4 Å². The fraction of sp³-hybridized carbons (Fsp3) is 0.267. The van der Waals surface area contributed by atoms with E-state index >= 15 is 0 Å². The molecule has 0 spiro atoms. The molecule has 0 bridgehead atoms. The van der Waals surface area contributed by atoms with Gasteiger partial charge in [-0.3, -0.25) is 14.9 Å². The van der Waals surface area contributed by atoms with Crippen LogP contribution >= 0.6 is 0 Å². The normalized spacial score (nSPS) is 10.7. The number of anilines is 1. The van der Waals surface area contributed by atoms with Crippen molar-refractivity contribution >= 4 is 17.3 Å². The van der Waals surface area contributed by atoms with Crippen LogP contribution in [-0.2, 0) is 0 Å². The van der Waals surface area contributed by atoms with E-state index in [2.05, 4.69) is 0 Å². The average Bonchev–Trinajstić information content (AvgIpc) is 3.01. The van der Waals surface area contributed by atoms with Gasteiger partial charge in [-0.2, -0.15) is 0 Å². The Morgan fingerprint density at radius 3 is 2.36 bits per heavy atom. The maximum Gasteiger partial charge on any atom is 0.293 e. The first kappa shape index (κ1) is 15.7. The Morgan fingerprint density at radius 2 is 1.86 bits per heavy atom. The van der Waals surface area contributed by atoms with Gasteiger partial charge in [0.25, 0.3) is 11.6 Å². The Bertz CT molecular complexity index is 635. The van der Waals surface area contributed by atoms with E-state index < -0.39 is 4.92 Å². The molecule has 0 aliphatic carbocycles. The smallest absolute Gasteiger partial charge is 0.293 e. The van der Waals surface area contributed by atoms with Crippen LogP contribution < -0.4 is 4.90 Å². The zero-order valence-corrected chi connectivity index (χ0v) is 12.4.